The monoisotopic (exact) mass is 469 g/mol. The van der Waals surface area contributed by atoms with Crippen LogP contribution in [0.15, 0.2) is 30.5 Å². The molecular weight excluding hydrogens is 442 g/mol. The zero-order valence-electron chi connectivity index (χ0n) is 18.9. The lowest BCUT2D eigenvalue weighted by molar-refractivity contribution is -0.686. The Balaban J connectivity index is 0.00000228. The van der Waals surface area contributed by atoms with Gasteiger partial charge in [-0.05, 0) is 36.4 Å². The third-order valence-corrected chi connectivity index (χ3v) is 7.01. The highest BCUT2D eigenvalue weighted by Gasteiger charge is 2.29. The minimum atomic E-state index is 0. The van der Waals surface area contributed by atoms with E-state index in [0.717, 1.165) is 73.7 Å². The molecule has 0 amide bonds. The van der Waals surface area contributed by atoms with E-state index in [4.69, 9.17) is 14.2 Å². The molecule has 33 heavy (non-hydrogen) atoms. The molecular formula is C25H28ClN3O4. The van der Waals surface area contributed by atoms with Crippen LogP contribution in [0.25, 0.3) is 22.0 Å². The van der Waals surface area contributed by atoms with E-state index < -0.39 is 0 Å². The molecule has 3 aliphatic heterocycles. The van der Waals surface area contributed by atoms with Gasteiger partial charge in [-0.3, -0.25) is 4.90 Å². The quantitative estimate of drug-likeness (QED) is 0.524. The Morgan fingerprint density at radius 3 is 2.55 bits per heavy atom. The van der Waals surface area contributed by atoms with Gasteiger partial charge < -0.3 is 36.6 Å². The Bertz CT molecular complexity index is 1220. The van der Waals surface area contributed by atoms with Crippen LogP contribution in [0.4, 0.5) is 0 Å². The summed E-state index contributed by atoms with van der Waals surface area (Å²) < 4.78 is 19.0. The normalized spacial score (nSPS) is 17.4. The number of benzene rings is 2. The molecule has 174 valence electrons. The third kappa shape index (κ3) is 3.74. The van der Waals surface area contributed by atoms with Gasteiger partial charge in [-0.2, -0.15) is 4.57 Å². The number of piperazine rings is 1. The zero-order valence-corrected chi connectivity index (χ0v) is 19.7. The van der Waals surface area contributed by atoms with Crippen molar-refractivity contribution in [3.63, 3.8) is 0 Å². The summed E-state index contributed by atoms with van der Waals surface area (Å²) >= 11 is 0. The van der Waals surface area contributed by atoms with Gasteiger partial charge >= 0.3 is 0 Å². The van der Waals surface area contributed by atoms with E-state index in [1.807, 2.05) is 6.07 Å². The number of hydrogen-bond acceptors (Lipinski definition) is 6. The number of hydrogen-bond donors (Lipinski definition) is 1. The molecule has 8 heteroatoms. The zero-order chi connectivity index (χ0) is 21.8. The number of nitrogens with zero attached hydrogens (tertiary/aromatic N) is 3. The lowest BCUT2D eigenvalue weighted by Crippen LogP contribution is -3.00. The molecule has 1 saturated heterocycles. The van der Waals surface area contributed by atoms with Gasteiger partial charge in [0, 0.05) is 50.6 Å². The number of aromatic hydroxyl groups is 1. The highest BCUT2D eigenvalue weighted by Crippen LogP contribution is 2.42. The number of aromatic nitrogens is 1. The molecule has 0 spiro atoms. The minimum absolute atomic E-state index is 0. The third-order valence-electron chi connectivity index (χ3n) is 7.01. The Hall–Kier alpha value is -2.74. The first-order valence-electron chi connectivity index (χ1n) is 11.2. The molecule has 0 bridgehead atoms. The Labute approximate surface area is 199 Å². The van der Waals surface area contributed by atoms with Crippen LogP contribution in [-0.2, 0) is 19.5 Å². The first-order valence-corrected chi connectivity index (χ1v) is 11.2. The average molecular weight is 470 g/mol. The second-order valence-electron chi connectivity index (χ2n) is 8.96. The maximum Gasteiger partial charge on any atom is 0.231 e. The van der Waals surface area contributed by atoms with Gasteiger partial charge in [0.25, 0.3) is 0 Å². The predicted molar refractivity (Wildman–Crippen MR) is 120 cm³/mol. The van der Waals surface area contributed by atoms with Crippen LogP contribution in [-0.4, -0.2) is 62.0 Å². The van der Waals surface area contributed by atoms with Crippen molar-refractivity contribution >= 4 is 10.8 Å². The van der Waals surface area contributed by atoms with E-state index in [2.05, 4.69) is 45.8 Å². The molecule has 2 aromatic carbocycles. The highest BCUT2D eigenvalue weighted by atomic mass is 35.5. The summed E-state index contributed by atoms with van der Waals surface area (Å²) in [6.45, 7) is 6.16. The molecule has 1 N–H and O–H groups in total. The van der Waals surface area contributed by atoms with Crippen LogP contribution in [0.5, 0.6) is 23.0 Å². The Morgan fingerprint density at radius 1 is 1.03 bits per heavy atom. The first kappa shape index (κ1) is 22.1. The lowest BCUT2D eigenvalue weighted by Gasteiger charge is -2.32. The van der Waals surface area contributed by atoms with Crippen molar-refractivity contribution < 1.29 is 36.3 Å². The Kier molecular flexibility index (Phi) is 5.72. The topological polar surface area (TPSA) is 58.3 Å². The van der Waals surface area contributed by atoms with E-state index in [9.17, 15) is 5.11 Å². The average Bonchev–Trinajstić information content (AvgIpc) is 3.27. The van der Waals surface area contributed by atoms with Gasteiger partial charge in [-0.1, -0.05) is 0 Å². The fraction of sp³-hybridized carbons (Fsp3) is 0.400. The van der Waals surface area contributed by atoms with Crippen LogP contribution >= 0.6 is 0 Å². The summed E-state index contributed by atoms with van der Waals surface area (Å²) in [6.07, 6.45) is 2.98. The lowest BCUT2D eigenvalue weighted by atomic mass is 9.94. The molecule has 3 aromatic rings. The van der Waals surface area contributed by atoms with Crippen molar-refractivity contribution in [2.45, 2.75) is 19.5 Å². The molecule has 4 heterocycles. The van der Waals surface area contributed by atoms with Crippen molar-refractivity contribution in [3.8, 4) is 34.3 Å². The predicted octanol–water partition coefficient (Wildman–Crippen LogP) is -0.455. The summed E-state index contributed by atoms with van der Waals surface area (Å²) in [4.78, 5) is 4.84. The van der Waals surface area contributed by atoms with Crippen molar-refractivity contribution in [2.75, 3.05) is 47.1 Å². The number of fused-ring (bicyclic) bond motifs is 5. The summed E-state index contributed by atoms with van der Waals surface area (Å²) in [5, 5.41) is 12.8. The Morgan fingerprint density at radius 2 is 1.79 bits per heavy atom. The van der Waals surface area contributed by atoms with Crippen molar-refractivity contribution in [2.24, 2.45) is 0 Å². The summed E-state index contributed by atoms with van der Waals surface area (Å²) in [6, 6.07) is 8.43. The molecule has 0 unspecified atom stereocenters. The van der Waals surface area contributed by atoms with Crippen molar-refractivity contribution in [3.05, 3.63) is 41.6 Å². The van der Waals surface area contributed by atoms with Gasteiger partial charge in [0.2, 0.25) is 12.5 Å². The number of pyridine rings is 1. The minimum Gasteiger partial charge on any atom is -1.00 e. The molecule has 1 fully saturated rings. The number of methoxy groups -OCH3 is 1. The van der Waals surface area contributed by atoms with Gasteiger partial charge in [0.1, 0.15) is 0 Å². The maximum absolute atomic E-state index is 10.9. The van der Waals surface area contributed by atoms with Crippen LogP contribution in [0.2, 0.25) is 0 Å². The summed E-state index contributed by atoms with van der Waals surface area (Å²) in [5.74, 6) is 2.36. The number of likely N-dealkylation sites (N-methyl/N-ethyl adjacent to an activating group) is 1. The number of phenolic OH excluding ortho intramolecular Hbond substituents is 1. The SMILES string of the molecule is COc1cc(CN2CCN(C)CC2)c2cc3[n+](cc2c1O)CCc1cc2c(cc1-3)OCO2.[Cl-]. The van der Waals surface area contributed by atoms with Crippen LogP contribution < -0.4 is 31.2 Å². The van der Waals surface area contributed by atoms with E-state index in [1.165, 1.54) is 16.7 Å². The number of halogens is 1. The van der Waals surface area contributed by atoms with E-state index in [0.29, 0.717) is 5.75 Å². The summed E-state index contributed by atoms with van der Waals surface area (Å²) in [5.41, 5.74) is 4.76. The van der Waals surface area contributed by atoms with Gasteiger partial charge in [0.05, 0.1) is 18.1 Å². The van der Waals surface area contributed by atoms with E-state index in [-0.39, 0.29) is 24.9 Å². The van der Waals surface area contributed by atoms with E-state index >= 15 is 0 Å². The molecule has 1 aromatic heterocycles. The molecule has 3 aliphatic rings. The largest absolute Gasteiger partial charge is 1.00 e. The number of rotatable bonds is 3. The standard InChI is InChI=1S/C25H27N3O4.ClH/c1-26-5-7-27(8-6-26)13-17-10-24(30-2)25(29)20-14-28-4-3-16-9-22-23(32-15-31-22)12-19(16)21(28)11-18(17)20;/h9-12,14H,3-8,13,15H2,1-2H3;1H. The van der Waals surface area contributed by atoms with Crippen LogP contribution in [0.1, 0.15) is 11.1 Å². The summed E-state index contributed by atoms with van der Waals surface area (Å²) in [7, 11) is 3.79. The molecule has 0 atom stereocenters. The fourth-order valence-corrected chi connectivity index (χ4v) is 5.10. The maximum atomic E-state index is 10.9. The number of ether oxygens (including phenoxy) is 3. The van der Waals surface area contributed by atoms with Crippen LogP contribution in [0.3, 0.4) is 0 Å². The second kappa shape index (κ2) is 8.56. The fourth-order valence-electron chi connectivity index (χ4n) is 5.10. The number of aryl methyl sites for hydroxylation is 2. The van der Waals surface area contributed by atoms with Gasteiger partial charge in [0.15, 0.2) is 35.7 Å². The number of phenols is 1. The second-order valence-corrected chi connectivity index (χ2v) is 8.96. The molecule has 0 aliphatic carbocycles. The molecule has 7 nitrogen and oxygen atoms in total. The van der Waals surface area contributed by atoms with Gasteiger partial charge in [-0.15, -0.1) is 0 Å². The van der Waals surface area contributed by atoms with Crippen LogP contribution in [0, 0.1) is 0 Å². The van der Waals surface area contributed by atoms with Crippen molar-refractivity contribution in [1.29, 1.82) is 0 Å². The van der Waals surface area contributed by atoms with E-state index in [1.54, 1.807) is 7.11 Å². The first-order chi connectivity index (χ1) is 15.6. The van der Waals surface area contributed by atoms with Crippen molar-refractivity contribution in [1.82, 2.24) is 9.80 Å². The molecule has 0 saturated carbocycles. The molecule has 6 rings (SSSR count). The highest BCUT2D eigenvalue weighted by molar-refractivity contribution is 5.94. The molecule has 0 radical (unpaired) electrons. The smallest absolute Gasteiger partial charge is 0.231 e. The van der Waals surface area contributed by atoms with Gasteiger partial charge in [-0.25, -0.2) is 0 Å².